The van der Waals surface area contributed by atoms with Crippen LogP contribution in [0, 0.1) is 0 Å². The second-order valence-corrected chi connectivity index (χ2v) is 11.0. The summed E-state index contributed by atoms with van der Waals surface area (Å²) < 4.78 is 34.8. The summed E-state index contributed by atoms with van der Waals surface area (Å²) in [6, 6.07) is 13.2. The van der Waals surface area contributed by atoms with Crippen LogP contribution >= 0.6 is 11.8 Å². The minimum atomic E-state index is -2.96. The number of thioether (sulfide) groups is 1. The third-order valence-corrected chi connectivity index (χ3v) is 8.58. The van der Waals surface area contributed by atoms with E-state index >= 15 is 0 Å². The molecule has 2 aliphatic heterocycles. The van der Waals surface area contributed by atoms with Crippen LogP contribution in [0.25, 0.3) is 0 Å². The van der Waals surface area contributed by atoms with E-state index in [0.29, 0.717) is 44.0 Å². The first-order chi connectivity index (χ1) is 14.4. The Morgan fingerprint density at radius 1 is 1.13 bits per heavy atom. The van der Waals surface area contributed by atoms with Crippen LogP contribution in [0.2, 0.25) is 0 Å². The predicted octanol–water partition coefficient (Wildman–Crippen LogP) is 3.40. The average molecular weight is 448 g/mol. The minimum absolute atomic E-state index is 0.00294. The van der Waals surface area contributed by atoms with E-state index < -0.39 is 9.84 Å². The molecule has 0 aromatic heterocycles. The quantitative estimate of drug-likeness (QED) is 0.676. The Bertz CT molecular complexity index is 1040. The van der Waals surface area contributed by atoms with Gasteiger partial charge in [0.25, 0.3) is 5.91 Å². The van der Waals surface area contributed by atoms with Crippen LogP contribution in [0.4, 0.5) is 0 Å². The second kappa shape index (κ2) is 8.89. The number of carbonyl (C=O) groups excluding carboxylic acids is 1. The first-order valence-corrected chi connectivity index (χ1v) is 12.8. The molecule has 1 amide bonds. The van der Waals surface area contributed by atoms with E-state index in [1.165, 1.54) is 11.8 Å². The molecule has 1 saturated heterocycles. The number of hydrogen-bond acceptors (Lipinski definition) is 6. The molecule has 2 aromatic carbocycles. The first-order valence-electron chi connectivity index (χ1n) is 10.1. The summed E-state index contributed by atoms with van der Waals surface area (Å²) in [4.78, 5) is 16.0. The number of nitrogens with zero attached hydrogens (tertiary/aromatic N) is 1. The number of ether oxygens (including phenoxy) is 2. The number of hydrogen-bond donors (Lipinski definition) is 0. The number of fused-ring (bicyclic) bond motifs is 1. The Morgan fingerprint density at radius 2 is 1.90 bits per heavy atom. The molecule has 6 nitrogen and oxygen atoms in total. The Labute approximate surface area is 181 Å². The SMILES string of the molecule is CCN(Cc1ccc2c(c1)OCCO2)C(=O)c1ccccc1S[C@@H]1CCS(=O)(=O)C1. The Morgan fingerprint density at radius 3 is 2.63 bits per heavy atom. The Hall–Kier alpha value is -2.19. The summed E-state index contributed by atoms with van der Waals surface area (Å²) in [7, 11) is -2.96. The molecule has 1 atom stereocenters. The lowest BCUT2D eigenvalue weighted by atomic mass is 10.1. The highest BCUT2D eigenvalue weighted by Gasteiger charge is 2.30. The van der Waals surface area contributed by atoms with Crippen molar-refractivity contribution in [3.05, 3.63) is 53.6 Å². The zero-order valence-corrected chi connectivity index (χ0v) is 18.5. The molecular formula is C22H25NO5S2. The molecule has 0 spiro atoms. The fraction of sp³-hybridized carbons (Fsp3) is 0.409. The van der Waals surface area contributed by atoms with Gasteiger partial charge in [-0.05, 0) is 43.2 Å². The summed E-state index contributed by atoms with van der Waals surface area (Å²) in [5, 5.41) is -0.00294. The maximum Gasteiger partial charge on any atom is 0.255 e. The normalized spacial score (nSPS) is 19.4. The van der Waals surface area contributed by atoms with Crippen LogP contribution in [-0.4, -0.2) is 55.7 Å². The molecule has 4 rings (SSSR count). The molecule has 2 heterocycles. The number of amides is 1. The van der Waals surface area contributed by atoms with Gasteiger partial charge in [0.15, 0.2) is 21.3 Å². The lowest BCUT2D eigenvalue weighted by Crippen LogP contribution is -2.31. The molecule has 0 bridgehead atoms. The van der Waals surface area contributed by atoms with E-state index in [4.69, 9.17) is 9.47 Å². The van der Waals surface area contributed by atoms with E-state index in [9.17, 15) is 13.2 Å². The van der Waals surface area contributed by atoms with Gasteiger partial charge in [-0.25, -0.2) is 8.42 Å². The zero-order valence-electron chi connectivity index (χ0n) is 16.9. The minimum Gasteiger partial charge on any atom is -0.486 e. The number of sulfone groups is 1. The van der Waals surface area contributed by atoms with Crippen molar-refractivity contribution in [1.82, 2.24) is 4.90 Å². The van der Waals surface area contributed by atoms with Gasteiger partial charge in [-0.3, -0.25) is 4.79 Å². The molecule has 0 unspecified atom stereocenters. The first kappa shape index (κ1) is 21.1. The summed E-state index contributed by atoms with van der Waals surface area (Å²) in [5.41, 5.74) is 1.59. The molecule has 2 aliphatic rings. The van der Waals surface area contributed by atoms with Crippen LogP contribution in [0.5, 0.6) is 11.5 Å². The fourth-order valence-corrected chi connectivity index (χ4v) is 7.30. The highest BCUT2D eigenvalue weighted by atomic mass is 32.2. The number of benzene rings is 2. The lowest BCUT2D eigenvalue weighted by molar-refractivity contribution is 0.0748. The zero-order chi connectivity index (χ0) is 21.1. The maximum atomic E-state index is 13.3. The van der Waals surface area contributed by atoms with Gasteiger partial charge >= 0.3 is 0 Å². The highest BCUT2D eigenvalue weighted by Crippen LogP contribution is 2.34. The number of rotatable bonds is 6. The molecule has 8 heteroatoms. The highest BCUT2D eigenvalue weighted by molar-refractivity contribution is 8.02. The van der Waals surface area contributed by atoms with Gasteiger partial charge in [0.1, 0.15) is 13.2 Å². The number of carbonyl (C=O) groups is 1. The van der Waals surface area contributed by atoms with Crippen molar-refractivity contribution in [2.75, 3.05) is 31.3 Å². The standard InChI is InChI=1S/C22H25NO5S2/c1-2-23(14-16-7-8-19-20(13-16)28-11-10-27-19)22(24)18-5-3-4-6-21(18)29-17-9-12-30(25,26)15-17/h3-8,13,17H,2,9-12,14-15H2,1H3/t17-/m1/s1. The average Bonchev–Trinajstić information content (AvgIpc) is 3.10. The fourth-order valence-electron chi connectivity index (χ4n) is 3.68. The van der Waals surface area contributed by atoms with Crippen molar-refractivity contribution in [3.63, 3.8) is 0 Å². The molecule has 30 heavy (non-hydrogen) atoms. The van der Waals surface area contributed by atoms with Crippen LogP contribution in [0.1, 0.15) is 29.3 Å². The van der Waals surface area contributed by atoms with Crippen LogP contribution in [-0.2, 0) is 16.4 Å². The molecule has 0 aliphatic carbocycles. The molecular weight excluding hydrogens is 422 g/mol. The van der Waals surface area contributed by atoms with Crippen molar-refractivity contribution in [1.29, 1.82) is 0 Å². The van der Waals surface area contributed by atoms with Crippen LogP contribution in [0.3, 0.4) is 0 Å². The maximum absolute atomic E-state index is 13.3. The third kappa shape index (κ3) is 4.75. The molecule has 160 valence electrons. The largest absolute Gasteiger partial charge is 0.486 e. The van der Waals surface area contributed by atoms with Gasteiger partial charge in [-0.2, -0.15) is 0 Å². The summed E-state index contributed by atoms with van der Waals surface area (Å²) in [6.45, 7) is 4.04. The van der Waals surface area contributed by atoms with Gasteiger partial charge in [-0.15, -0.1) is 11.8 Å². The monoisotopic (exact) mass is 447 g/mol. The van der Waals surface area contributed by atoms with E-state index in [-0.39, 0.29) is 22.7 Å². The van der Waals surface area contributed by atoms with Gasteiger partial charge in [0.2, 0.25) is 0 Å². The summed E-state index contributed by atoms with van der Waals surface area (Å²) in [5.74, 6) is 1.78. The Balaban J connectivity index is 1.51. The van der Waals surface area contributed by atoms with Gasteiger partial charge < -0.3 is 14.4 Å². The van der Waals surface area contributed by atoms with Crippen molar-refractivity contribution >= 4 is 27.5 Å². The van der Waals surface area contributed by atoms with Gasteiger partial charge in [-0.1, -0.05) is 18.2 Å². The van der Waals surface area contributed by atoms with Crippen molar-refractivity contribution in [3.8, 4) is 11.5 Å². The van der Waals surface area contributed by atoms with Crippen LogP contribution in [0.15, 0.2) is 47.4 Å². The third-order valence-electron chi connectivity index (χ3n) is 5.25. The van der Waals surface area contributed by atoms with Gasteiger partial charge in [0.05, 0.1) is 17.1 Å². The lowest BCUT2D eigenvalue weighted by Gasteiger charge is -2.24. The van der Waals surface area contributed by atoms with E-state index in [1.807, 2.05) is 49.4 Å². The molecule has 0 N–H and O–H groups in total. The van der Waals surface area contributed by atoms with Crippen molar-refractivity contribution in [2.45, 2.75) is 30.0 Å². The summed E-state index contributed by atoms with van der Waals surface area (Å²) >= 11 is 1.50. The topological polar surface area (TPSA) is 72.9 Å². The van der Waals surface area contributed by atoms with E-state index in [0.717, 1.165) is 16.2 Å². The Kier molecular flexibility index (Phi) is 6.24. The molecule has 1 fully saturated rings. The molecule has 2 aromatic rings. The summed E-state index contributed by atoms with van der Waals surface area (Å²) in [6.07, 6.45) is 0.629. The second-order valence-electron chi connectivity index (χ2n) is 7.44. The predicted molar refractivity (Wildman–Crippen MR) is 117 cm³/mol. The van der Waals surface area contributed by atoms with E-state index in [1.54, 1.807) is 4.90 Å². The van der Waals surface area contributed by atoms with Gasteiger partial charge in [0, 0.05) is 23.2 Å². The van der Waals surface area contributed by atoms with Crippen LogP contribution < -0.4 is 9.47 Å². The van der Waals surface area contributed by atoms with Crippen molar-refractivity contribution in [2.24, 2.45) is 0 Å². The smallest absolute Gasteiger partial charge is 0.255 e. The molecule has 0 radical (unpaired) electrons. The van der Waals surface area contributed by atoms with E-state index in [2.05, 4.69) is 0 Å². The van der Waals surface area contributed by atoms with Crippen molar-refractivity contribution < 1.29 is 22.7 Å². The molecule has 0 saturated carbocycles.